The maximum atomic E-state index is 12.5. The predicted octanol–water partition coefficient (Wildman–Crippen LogP) is 1.92. The highest BCUT2D eigenvalue weighted by Gasteiger charge is 2.32. The van der Waals surface area contributed by atoms with E-state index in [-0.39, 0.29) is 18.2 Å². The summed E-state index contributed by atoms with van der Waals surface area (Å²) < 4.78 is 66.1. The molecule has 0 aromatic heterocycles. The Balaban J connectivity index is 1.83. The van der Waals surface area contributed by atoms with Crippen LogP contribution in [0.1, 0.15) is 18.4 Å². The number of hydrogen-bond donors (Lipinski definition) is 2. The van der Waals surface area contributed by atoms with Gasteiger partial charge in [0, 0.05) is 38.8 Å². The summed E-state index contributed by atoms with van der Waals surface area (Å²) in [6.07, 6.45) is -2.08. The quantitative estimate of drug-likeness (QED) is 0.541. The molecule has 2 N–H and O–H groups in total. The molecule has 1 aliphatic heterocycles. The number of guanidine groups is 1. The highest BCUT2D eigenvalue weighted by molar-refractivity contribution is 7.88. The van der Waals surface area contributed by atoms with Gasteiger partial charge in [0.05, 0.1) is 6.26 Å². The molecule has 158 valence electrons. The zero-order valence-electron chi connectivity index (χ0n) is 15.8. The number of nitrogens with zero attached hydrogens (tertiary/aromatic N) is 2. The average molecular weight is 422 g/mol. The van der Waals surface area contributed by atoms with Gasteiger partial charge in [0.25, 0.3) is 0 Å². The number of aliphatic imine (C=N–C) groups is 1. The second-order valence-electron chi connectivity index (χ2n) is 6.57. The Hall–Kier alpha value is -2.01. The number of rotatable bonds is 6. The average Bonchev–Trinajstić information content (AvgIpc) is 2.61. The van der Waals surface area contributed by atoms with E-state index in [1.807, 2.05) is 0 Å². The van der Waals surface area contributed by atoms with Crippen molar-refractivity contribution in [2.45, 2.75) is 25.7 Å². The number of halogens is 3. The van der Waals surface area contributed by atoms with Crippen molar-refractivity contribution in [3.8, 4) is 5.75 Å². The SMILES string of the molecule is CN=C(NCc1ccccc1OC(F)(F)F)NCC1CCN(S(C)(=O)=O)CC1. The Kier molecular flexibility index (Phi) is 7.53. The topological polar surface area (TPSA) is 83.0 Å². The van der Waals surface area contributed by atoms with E-state index in [9.17, 15) is 21.6 Å². The first-order valence-electron chi connectivity index (χ1n) is 8.82. The summed E-state index contributed by atoms with van der Waals surface area (Å²) in [6, 6.07) is 5.91. The minimum Gasteiger partial charge on any atom is -0.405 e. The molecular weight excluding hydrogens is 397 g/mol. The first kappa shape index (κ1) is 22.3. The molecule has 7 nitrogen and oxygen atoms in total. The van der Waals surface area contributed by atoms with Gasteiger partial charge in [-0.15, -0.1) is 13.2 Å². The fourth-order valence-corrected chi connectivity index (χ4v) is 3.83. The van der Waals surface area contributed by atoms with Crippen LogP contribution in [0.5, 0.6) is 5.75 Å². The molecule has 0 bridgehead atoms. The molecule has 0 spiro atoms. The third-order valence-corrected chi connectivity index (χ3v) is 5.77. The van der Waals surface area contributed by atoms with Crippen LogP contribution in [0.15, 0.2) is 29.3 Å². The molecule has 1 saturated heterocycles. The van der Waals surface area contributed by atoms with E-state index in [4.69, 9.17) is 0 Å². The smallest absolute Gasteiger partial charge is 0.405 e. The number of piperidine rings is 1. The summed E-state index contributed by atoms with van der Waals surface area (Å²) in [5.41, 5.74) is 0.351. The number of para-hydroxylation sites is 1. The second-order valence-corrected chi connectivity index (χ2v) is 8.55. The summed E-state index contributed by atoms with van der Waals surface area (Å²) in [6.45, 7) is 1.68. The van der Waals surface area contributed by atoms with Gasteiger partial charge in [-0.05, 0) is 24.8 Å². The normalized spacial score (nSPS) is 17.4. The number of sulfonamides is 1. The van der Waals surface area contributed by atoms with Crippen molar-refractivity contribution in [3.05, 3.63) is 29.8 Å². The Morgan fingerprint density at radius 1 is 1.25 bits per heavy atom. The molecule has 0 unspecified atom stereocenters. The molecule has 0 radical (unpaired) electrons. The van der Waals surface area contributed by atoms with Gasteiger partial charge in [-0.25, -0.2) is 12.7 Å². The predicted molar refractivity (Wildman–Crippen MR) is 100 cm³/mol. The van der Waals surface area contributed by atoms with Crippen molar-refractivity contribution in [2.75, 3.05) is 32.9 Å². The molecule has 2 rings (SSSR count). The lowest BCUT2D eigenvalue weighted by molar-refractivity contribution is -0.274. The van der Waals surface area contributed by atoms with Gasteiger partial charge in [-0.3, -0.25) is 4.99 Å². The van der Waals surface area contributed by atoms with Crippen LogP contribution in [0.4, 0.5) is 13.2 Å². The van der Waals surface area contributed by atoms with E-state index in [1.165, 1.54) is 22.7 Å². The third kappa shape index (κ3) is 7.19. The van der Waals surface area contributed by atoms with E-state index >= 15 is 0 Å². The van der Waals surface area contributed by atoms with Gasteiger partial charge >= 0.3 is 6.36 Å². The van der Waals surface area contributed by atoms with E-state index in [0.717, 1.165) is 12.8 Å². The highest BCUT2D eigenvalue weighted by atomic mass is 32.2. The van der Waals surface area contributed by atoms with E-state index < -0.39 is 16.4 Å². The Morgan fingerprint density at radius 3 is 2.46 bits per heavy atom. The summed E-state index contributed by atoms with van der Waals surface area (Å²) in [7, 11) is -1.59. The van der Waals surface area contributed by atoms with Crippen LogP contribution < -0.4 is 15.4 Å². The molecule has 11 heteroatoms. The van der Waals surface area contributed by atoms with Crippen LogP contribution in [0.2, 0.25) is 0 Å². The van der Waals surface area contributed by atoms with Gasteiger partial charge in [-0.2, -0.15) is 0 Å². The van der Waals surface area contributed by atoms with Gasteiger partial charge in [0.2, 0.25) is 10.0 Å². The molecule has 28 heavy (non-hydrogen) atoms. The van der Waals surface area contributed by atoms with Crippen molar-refractivity contribution in [1.29, 1.82) is 0 Å². The summed E-state index contributed by atoms with van der Waals surface area (Å²) in [4.78, 5) is 4.07. The first-order chi connectivity index (χ1) is 13.1. The fraction of sp³-hybridized carbons (Fsp3) is 0.588. The van der Waals surface area contributed by atoms with E-state index in [2.05, 4.69) is 20.4 Å². The van der Waals surface area contributed by atoms with Crippen LogP contribution in [0, 0.1) is 5.92 Å². The second kappa shape index (κ2) is 9.46. The van der Waals surface area contributed by atoms with Crippen LogP contribution >= 0.6 is 0 Å². The number of alkyl halides is 3. The molecule has 1 aromatic carbocycles. The highest BCUT2D eigenvalue weighted by Crippen LogP contribution is 2.26. The molecule has 0 amide bonds. The van der Waals surface area contributed by atoms with Gasteiger partial charge in [-0.1, -0.05) is 18.2 Å². The zero-order chi connectivity index (χ0) is 20.8. The minimum absolute atomic E-state index is 0.110. The molecule has 0 atom stereocenters. The molecule has 1 fully saturated rings. The maximum Gasteiger partial charge on any atom is 0.573 e. The monoisotopic (exact) mass is 422 g/mol. The number of hydrogen-bond acceptors (Lipinski definition) is 4. The van der Waals surface area contributed by atoms with Crippen LogP contribution in [-0.2, 0) is 16.6 Å². The van der Waals surface area contributed by atoms with Gasteiger partial charge in [0.1, 0.15) is 5.75 Å². The molecule has 0 aliphatic carbocycles. The summed E-state index contributed by atoms with van der Waals surface area (Å²) >= 11 is 0. The zero-order valence-corrected chi connectivity index (χ0v) is 16.6. The lowest BCUT2D eigenvalue weighted by atomic mass is 9.98. The van der Waals surface area contributed by atoms with Gasteiger partial charge < -0.3 is 15.4 Å². The van der Waals surface area contributed by atoms with Crippen molar-refractivity contribution in [3.63, 3.8) is 0 Å². The molecule has 1 heterocycles. The largest absolute Gasteiger partial charge is 0.573 e. The van der Waals surface area contributed by atoms with Crippen LogP contribution in [-0.4, -0.2) is 58.0 Å². The number of ether oxygens (including phenoxy) is 1. The number of nitrogens with one attached hydrogen (secondary N) is 2. The van der Waals surface area contributed by atoms with E-state index in [1.54, 1.807) is 19.2 Å². The van der Waals surface area contributed by atoms with Crippen molar-refractivity contribution in [1.82, 2.24) is 14.9 Å². The van der Waals surface area contributed by atoms with Crippen molar-refractivity contribution in [2.24, 2.45) is 10.9 Å². The van der Waals surface area contributed by atoms with Crippen molar-refractivity contribution >= 4 is 16.0 Å². The Labute approximate surface area is 163 Å². The molecule has 0 saturated carbocycles. The lowest BCUT2D eigenvalue weighted by Gasteiger charge is -2.30. The minimum atomic E-state index is -4.75. The first-order valence-corrected chi connectivity index (χ1v) is 10.7. The Bertz CT molecular complexity index is 776. The Morgan fingerprint density at radius 2 is 1.89 bits per heavy atom. The third-order valence-electron chi connectivity index (χ3n) is 4.47. The maximum absolute atomic E-state index is 12.5. The van der Waals surface area contributed by atoms with Gasteiger partial charge in [0.15, 0.2) is 5.96 Å². The summed E-state index contributed by atoms with van der Waals surface area (Å²) in [5.74, 6) is 0.482. The molecule has 1 aromatic rings. The van der Waals surface area contributed by atoms with E-state index in [0.29, 0.717) is 31.2 Å². The molecular formula is C17H25F3N4O3S. The number of benzene rings is 1. The van der Waals surface area contributed by atoms with Crippen molar-refractivity contribution < 1.29 is 26.3 Å². The lowest BCUT2D eigenvalue weighted by Crippen LogP contribution is -2.43. The van der Waals surface area contributed by atoms with Crippen LogP contribution in [0.25, 0.3) is 0 Å². The fourth-order valence-electron chi connectivity index (χ4n) is 2.96. The summed E-state index contributed by atoms with van der Waals surface area (Å²) in [5, 5.41) is 6.11. The molecule has 1 aliphatic rings. The van der Waals surface area contributed by atoms with Crippen LogP contribution in [0.3, 0.4) is 0 Å². The standard InChI is InChI=1S/C17H25F3N4O3S/c1-21-16(22-11-13-7-9-24(10-8-13)28(2,25)26)23-12-14-5-3-4-6-15(14)27-17(18,19)20/h3-6,13H,7-12H2,1-2H3,(H2,21,22,23).